The smallest absolute Gasteiger partial charge is 0.407 e. The van der Waals surface area contributed by atoms with Gasteiger partial charge in [-0.3, -0.25) is 0 Å². The van der Waals surface area contributed by atoms with Crippen LogP contribution in [0.15, 0.2) is 66.7 Å². The molecule has 164 valence electrons. The van der Waals surface area contributed by atoms with Gasteiger partial charge < -0.3 is 19.9 Å². The van der Waals surface area contributed by atoms with Crippen LogP contribution >= 0.6 is 0 Å². The van der Waals surface area contributed by atoms with Gasteiger partial charge >= 0.3 is 12.1 Å². The Kier molecular flexibility index (Phi) is 6.12. The summed E-state index contributed by atoms with van der Waals surface area (Å²) in [6, 6.07) is 20.4. The zero-order valence-electron chi connectivity index (χ0n) is 18.0. The van der Waals surface area contributed by atoms with Gasteiger partial charge in [-0.1, -0.05) is 60.7 Å². The van der Waals surface area contributed by atoms with Crippen molar-refractivity contribution in [2.45, 2.75) is 25.3 Å². The number of rotatable bonds is 7. The molecule has 1 atom stereocenters. The van der Waals surface area contributed by atoms with Crippen molar-refractivity contribution in [3.8, 4) is 16.9 Å². The molecule has 0 unspecified atom stereocenters. The molecule has 4 rings (SSSR count). The fourth-order valence-electron chi connectivity index (χ4n) is 4.29. The van der Waals surface area contributed by atoms with Crippen LogP contribution in [0.5, 0.6) is 5.75 Å². The lowest BCUT2D eigenvalue weighted by atomic mass is 9.98. The second-order valence-electron chi connectivity index (χ2n) is 7.87. The molecule has 0 aliphatic heterocycles. The van der Waals surface area contributed by atoms with Gasteiger partial charge in [0.1, 0.15) is 18.4 Å². The third-order valence-corrected chi connectivity index (χ3v) is 5.83. The second-order valence-corrected chi connectivity index (χ2v) is 7.87. The van der Waals surface area contributed by atoms with Gasteiger partial charge in [0.2, 0.25) is 0 Å². The van der Waals surface area contributed by atoms with Crippen molar-refractivity contribution in [2.24, 2.45) is 0 Å². The number of aliphatic carboxylic acids is 1. The molecule has 1 aliphatic rings. The zero-order valence-corrected chi connectivity index (χ0v) is 18.0. The normalized spacial score (nSPS) is 13.1. The summed E-state index contributed by atoms with van der Waals surface area (Å²) in [6.07, 6.45) is -0.603. The van der Waals surface area contributed by atoms with Crippen LogP contribution in [0.1, 0.15) is 28.2 Å². The van der Waals surface area contributed by atoms with Crippen LogP contribution in [0.2, 0.25) is 0 Å². The van der Waals surface area contributed by atoms with Crippen LogP contribution in [-0.2, 0) is 16.0 Å². The highest BCUT2D eigenvalue weighted by atomic mass is 16.5. The molecule has 6 nitrogen and oxygen atoms in total. The Bertz CT molecular complexity index is 1110. The van der Waals surface area contributed by atoms with Crippen LogP contribution in [0.25, 0.3) is 11.1 Å². The predicted molar refractivity (Wildman–Crippen MR) is 121 cm³/mol. The molecule has 0 radical (unpaired) electrons. The van der Waals surface area contributed by atoms with Crippen molar-refractivity contribution in [3.63, 3.8) is 0 Å². The number of carboxylic acid groups (broad SMARTS) is 1. The number of nitrogens with one attached hydrogen (secondary N) is 1. The van der Waals surface area contributed by atoms with Gasteiger partial charge in [-0.25, -0.2) is 9.59 Å². The van der Waals surface area contributed by atoms with Gasteiger partial charge in [0.25, 0.3) is 0 Å². The summed E-state index contributed by atoms with van der Waals surface area (Å²) < 4.78 is 10.7. The van der Waals surface area contributed by atoms with Crippen molar-refractivity contribution in [3.05, 3.63) is 89.0 Å². The largest absolute Gasteiger partial charge is 0.496 e. The number of aryl methyl sites for hydroxylation is 1. The summed E-state index contributed by atoms with van der Waals surface area (Å²) in [5.41, 5.74) is 6.16. The average Bonchev–Trinajstić information content (AvgIpc) is 3.11. The van der Waals surface area contributed by atoms with Gasteiger partial charge in [-0.2, -0.15) is 0 Å². The number of fused-ring (bicyclic) bond motifs is 3. The summed E-state index contributed by atoms with van der Waals surface area (Å²) in [6.45, 7) is 2.02. The Morgan fingerprint density at radius 2 is 1.62 bits per heavy atom. The molecule has 0 fully saturated rings. The molecule has 6 heteroatoms. The summed E-state index contributed by atoms with van der Waals surface area (Å²) >= 11 is 0. The first-order chi connectivity index (χ1) is 15.5. The number of carbonyl (C=O) groups is 2. The number of methoxy groups -OCH3 is 1. The number of ether oxygens (including phenoxy) is 2. The molecule has 3 aromatic rings. The Labute approximate surface area is 186 Å². The minimum atomic E-state index is -1.12. The minimum absolute atomic E-state index is 0.0827. The maximum Gasteiger partial charge on any atom is 0.407 e. The molecule has 0 aromatic heterocycles. The quantitative estimate of drug-likeness (QED) is 0.574. The number of alkyl carbamates (subject to hydrolysis) is 1. The van der Waals surface area contributed by atoms with Crippen molar-refractivity contribution >= 4 is 12.1 Å². The maximum absolute atomic E-state index is 12.5. The van der Waals surface area contributed by atoms with E-state index in [2.05, 4.69) is 17.4 Å². The summed E-state index contributed by atoms with van der Waals surface area (Å²) in [7, 11) is 1.58. The van der Waals surface area contributed by atoms with Gasteiger partial charge in [-0.15, -0.1) is 0 Å². The third kappa shape index (κ3) is 4.30. The Hall–Kier alpha value is -3.80. The molecule has 0 heterocycles. The second kappa shape index (κ2) is 9.14. The van der Waals surface area contributed by atoms with E-state index in [0.717, 1.165) is 39.1 Å². The van der Waals surface area contributed by atoms with E-state index >= 15 is 0 Å². The SMILES string of the molecule is COc1ccc(C[C@@H](NC(=O)OCC2c3ccccc3-c3ccccc32)C(=O)O)cc1C. The fraction of sp³-hybridized carbons (Fsp3) is 0.231. The Morgan fingerprint density at radius 1 is 1.00 bits per heavy atom. The third-order valence-electron chi connectivity index (χ3n) is 5.83. The van der Waals surface area contributed by atoms with E-state index < -0.39 is 18.1 Å². The van der Waals surface area contributed by atoms with E-state index in [-0.39, 0.29) is 18.9 Å². The lowest BCUT2D eigenvalue weighted by molar-refractivity contribution is -0.139. The lowest BCUT2D eigenvalue weighted by Gasteiger charge is -2.18. The van der Waals surface area contributed by atoms with Gasteiger partial charge in [0.05, 0.1) is 7.11 Å². The fourth-order valence-corrected chi connectivity index (χ4v) is 4.29. The molecule has 2 N–H and O–H groups in total. The first-order valence-corrected chi connectivity index (χ1v) is 10.5. The predicted octanol–water partition coefficient (Wildman–Crippen LogP) is 4.54. The number of carboxylic acids is 1. The molecule has 32 heavy (non-hydrogen) atoms. The summed E-state index contributed by atoms with van der Waals surface area (Å²) in [5.74, 6) is -0.474. The van der Waals surface area contributed by atoms with Crippen LogP contribution in [-0.4, -0.2) is 36.9 Å². The monoisotopic (exact) mass is 431 g/mol. The highest BCUT2D eigenvalue weighted by Crippen LogP contribution is 2.44. The Morgan fingerprint density at radius 3 is 2.19 bits per heavy atom. The number of hydrogen-bond donors (Lipinski definition) is 2. The van der Waals surface area contributed by atoms with E-state index in [4.69, 9.17) is 9.47 Å². The standard InChI is InChI=1S/C26H25NO5/c1-16-13-17(11-12-24(16)31-2)14-23(25(28)29)27-26(30)32-15-22-20-9-5-3-7-18(20)19-8-4-6-10-21(19)22/h3-13,22-23H,14-15H2,1-2H3,(H,27,30)(H,28,29)/t23-/m1/s1. The van der Waals surface area contributed by atoms with E-state index in [1.165, 1.54) is 0 Å². The number of benzene rings is 3. The van der Waals surface area contributed by atoms with Crippen LogP contribution in [0.4, 0.5) is 4.79 Å². The van der Waals surface area contributed by atoms with E-state index in [9.17, 15) is 14.7 Å². The number of amides is 1. The maximum atomic E-state index is 12.5. The summed E-state index contributed by atoms with van der Waals surface area (Å²) in [4.78, 5) is 24.2. The first kappa shape index (κ1) is 21.4. The number of hydrogen-bond acceptors (Lipinski definition) is 4. The van der Waals surface area contributed by atoms with E-state index in [1.807, 2.05) is 49.4 Å². The van der Waals surface area contributed by atoms with Gasteiger partial charge in [0, 0.05) is 12.3 Å². The minimum Gasteiger partial charge on any atom is -0.496 e. The number of carbonyl (C=O) groups excluding carboxylic acids is 1. The highest BCUT2D eigenvalue weighted by Gasteiger charge is 2.29. The van der Waals surface area contributed by atoms with Crippen LogP contribution < -0.4 is 10.1 Å². The van der Waals surface area contributed by atoms with Gasteiger partial charge in [0.15, 0.2) is 0 Å². The molecule has 0 bridgehead atoms. The zero-order chi connectivity index (χ0) is 22.7. The van der Waals surface area contributed by atoms with E-state index in [1.54, 1.807) is 19.2 Å². The Balaban J connectivity index is 1.42. The van der Waals surface area contributed by atoms with Crippen molar-refractivity contribution in [1.29, 1.82) is 0 Å². The van der Waals surface area contributed by atoms with Crippen molar-refractivity contribution < 1.29 is 24.2 Å². The first-order valence-electron chi connectivity index (χ1n) is 10.5. The van der Waals surface area contributed by atoms with Crippen LogP contribution in [0.3, 0.4) is 0 Å². The average molecular weight is 431 g/mol. The highest BCUT2D eigenvalue weighted by molar-refractivity contribution is 5.81. The van der Waals surface area contributed by atoms with E-state index in [0.29, 0.717) is 0 Å². The molecular weight excluding hydrogens is 406 g/mol. The molecule has 0 saturated heterocycles. The summed E-state index contributed by atoms with van der Waals surface area (Å²) in [5, 5.41) is 12.1. The lowest BCUT2D eigenvalue weighted by Crippen LogP contribution is -2.42. The van der Waals surface area contributed by atoms with Crippen LogP contribution in [0, 0.1) is 6.92 Å². The topological polar surface area (TPSA) is 84.9 Å². The van der Waals surface area contributed by atoms with Crippen molar-refractivity contribution in [2.75, 3.05) is 13.7 Å². The molecule has 1 aliphatic carbocycles. The molecule has 0 spiro atoms. The molecular formula is C26H25NO5. The molecule has 1 amide bonds. The molecule has 0 saturated carbocycles. The van der Waals surface area contributed by atoms with Gasteiger partial charge in [-0.05, 0) is 46.4 Å². The molecule has 3 aromatic carbocycles. The van der Waals surface area contributed by atoms with Crippen molar-refractivity contribution in [1.82, 2.24) is 5.32 Å².